The quantitative estimate of drug-likeness (QED) is 0.456. The second kappa shape index (κ2) is 7.72. The molecule has 19 heavy (non-hydrogen) atoms. The minimum Gasteiger partial charge on any atom is -0.455 e. The molecule has 0 aromatic carbocycles. The highest BCUT2D eigenvalue weighted by atomic mass is 28.4. The van der Waals surface area contributed by atoms with E-state index in [0.29, 0.717) is 12.8 Å². The van der Waals surface area contributed by atoms with Crippen LogP contribution >= 0.6 is 0 Å². The molecule has 0 saturated heterocycles. The molecule has 0 aliphatic heterocycles. The average Bonchev–Trinajstić information content (AvgIpc) is 2.31. The fourth-order valence-electron chi connectivity index (χ4n) is 1.90. The van der Waals surface area contributed by atoms with Crippen LogP contribution in [0.2, 0.25) is 38.3 Å². The van der Waals surface area contributed by atoms with Gasteiger partial charge in [-0.15, -0.1) is 0 Å². The summed E-state index contributed by atoms with van der Waals surface area (Å²) in [5, 5.41) is 0. The Labute approximate surface area is 119 Å². The first-order valence-electron chi connectivity index (χ1n) is 6.62. The highest BCUT2D eigenvalue weighted by Gasteiger charge is 2.33. The van der Waals surface area contributed by atoms with E-state index in [0.717, 1.165) is 12.1 Å². The molecule has 0 heterocycles. The highest BCUT2D eigenvalue weighted by molar-refractivity contribution is 6.85. The van der Waals surface area contributed by atoms with Gasteiger partial charge in [-0.25, -0.2) is 0 Å². The summed E-state index contributed by atoms with van der Waals surface area (Å²) in [5.74, 6) is 0.149. The summed E-state index contributed by atoms with van der Waals surface area (Å²) in [7, 11) is -3.69. The van der Waals surface area contributed by atoms with Gasteiger partial charge in [0.25, 0.3) is 0 Å². The van der Waals surface area contributed by atoms with Crippen LogP contribution in [0.3, 0.4) is 0 Å². The molecule has 5 heteroatoms. The second-order valence-corrected chi connectivity index (χ2v) is 14.8. The number of hydrogen-bond acceptors (Lipinski definition) is 3. The Morgan fingerprint density at radius 2 is 1.21 bits per heavy atom. The molecule has 0 amide bonds. The Balaban J connectivity index is 4.36. The van der Waals surface area contributed by atoms with Gasteiger partial charge < -0.3 is 4.12 Å². The maximum absolute atomic E-state index is 11.3. The Hall–Kier alpha value is -0.786. The minimum atomic E-state index is -1.84. The van der Waals surface area contributed by atoms with Crippen molar-refractivity contribution in [1.29, 1.82) is 0 Å². The van der Waals surface area contributed by atoms with E-state index < -0.39 is 16.6 Å². The van der Waals surface area contributed by atoms with Crippen LogP contribution in [-0.4, -0.2) is 28.2 Å². The average molecular weight is 299 g/mol. The molecular formula is C14H26O3Si2. The van der Waals surface area contributed by atoms with Gasteiger partial charge in [0.05, 0.1) is 0 Å². The van der Waals surface area contributed by atoms with Gasteiger partial charge in [0.2, 0.25) is 0 Å². The monoisotopic (exact) mass is 298 g/mol. The molecule has 0 spiro atoms. The lowest BCUT2D eigenvalue weighted by molar-refractivity contribution is -0.115. The first-order valence-corrected chi connectivity index (χ1v) is 12.9. The molecule has 0 atom stereocenters. The Morgan fingerprint density at radius 3 is 1.47 bits per heavy atom. The number of ketones is 2. The van der Waals surface area contributed by atoms with Crippen LogP contribution in [0, 0.1) is 0 Å². The van der Waals surface area contributed by atoms with E-state index in [2.05, 4.69) is 39.3 Å². The lowest BCUT2D eigenvalue weighted by Crippen LogP contribution is -2.44. The SMILES string of the molecule is C=CC(=O)CC[Si](C)(C)O[Si](C)(C)CCC(=O)C=C. The number of rotatable bonds is 10. The van der Waals surface area contributed by atoms with Gasteiger partial charge in [0.1, 0.15) is 0 Å². The van der Waals surface area contributed by atoms with E-state index in [1.165, 1.54) is 12.2 Å². The Bertz CT molecular complexity index is 326. The van der Waals surface area contributed by atoms with Crippen molar-refractivity contribution in [3.63, 3.8) is 0 Å². The number of allylic oxidation sites excluding steroid dienone is 2. The third-order valence-corrected chi connectivity index (χ3v) is 10.3. The van der Waals surface area contributed by atoms with Crippen molar-refractivity contribution in [2.45, 2.75) is 51.1 Å². The van der Waals surface area contributed by atoms with Crippen molar-refractivity contribution >= 4 is 28.2 Å². The van der Waals surface area contributed by atoms with Crippen LogP contribution in [0.1, 0.15) is 12.8 Å². The largest absolute Gasteiger partial charge is 0.455 e. The molecule has 0 fully saturated rings. The van der Waals surface area contributed by atoms with Gasteiger partial charge >= 0.3 is 0 Å². The zero-order chi connectivity index (χ0) is 15.1. The third-order valence-electron chi connectivity index (χ3n) is 2.95. The summed E-state index contributed by atoms with van der Waals surface area (Å²) >= 11 is 0. The molecule has 0 radical (unpaired) electrons. The van der Waals surface area contributed by atoms with Gasteiger partial charge in [-0.3, -0.25) is 9.59 Å². The molecule has 3 nitrogen and oxygen atoms in total. The Morgan fingerprint density at radius 1 is 0.895 bits per heavy atom. The van der Waals surface area contributed by atoms with Crippen LogP contribution in [0.4, 0.5) is 0 Å². The van der Waals surface area contributed by atoms with Crippen LogP contribution < -0.4 is 0 Å². The fourth-order valence-corrected chi connectivity index (χ4v) is 10.4. The lowest BCUT2D eigenvalue weighted by Gasteiger charge is -2.33. The van der Waals surface area contributed by atoms with Crippen molar-refractivity contribution in [2.75, 3.05) is 0 Å². The molecule has 0 unspecified atom stereocenters. The van der Waals surface area contributed by atoms with E-state index in [1.54, 1.807) is 0 Å². The van der Waals surface area contributed by atoms with Crippen molar-refractivity contribution in [2.24, 2.45) is 0 Å². The van der Waals surface area contributed by atoms with Crippen molar-refractivity contribution < 1.29 is 13.7 Å². The van der Waals surface area contributed by atoms with Gasteiger partial charge in [-0.1, -0.05) is 13.2 Å². The first kappa shape index (κ1) is 18.2. The van der Waals surface area contributed by atoms with Crippen molar-refractivity contribution in [1.82, 2.24) is 0 Å². The van der Waals surface area contributed by atoms with Gasteiger partial charge in [0, 0.05) is 12.8 Å². The molecule has 108 valence electrons. The topological polar surface area (TPSA) is 43.4 Å². The zero-order valence-corrected chi connectivity index (χ0v) is 14.6. The van der Waals surface area contributed by atoms with E-state index in [-0.39, 0.29) is 11.6 Å². The normalized spacial score (nSPS) is 12.0. The lowest BCUT2D eigenvalue weighted by atomic mass is 10.3. The van der Waals surface area contributed by atoms with Crippen molar-refractivity contribution in [3.8, 4) is 0 Å². The van der Waals surface area contributed by atoms with Gasteiger partial charge in [-0.2, -0.15) is 0 Å². The molecule has 0 aromatic rings. The summed E-state index contributed by atoms with van der Waals surface area (Å²) in [6, 6.07) is 1.62. The summed E-state index contributed by atoms with van der Waals surface area (Å²) < 4.78 is 6.32. The van der Waals surface area contributed by atoms with E-state index >= 15 is 0 Å². The summed E-state index contributed by atoms with van der Waals surface area (Å²) in [6.45, 7) is 15.5. The van der Waals surface area contributed by atoms with E-state index in [9.17, 15) is 9.59 Å². The molecule has 0 aliphatic carbocycles. The van der Waals surface area contributed by atoms with Crippen molar-refractivity contribution in [3.05, 3.63) is 25.3 Å². The fraction of sp³-hybridized carbons (Fsp3) is 0.571. The Kier molecular flexibility index (Phi) is 7.40. The molecular weight excluding hydrogens is 272 g/mol. The van der Waals surface area contributed by atoms with Gasteiger partial charge in [0.15, 0.2) is 28.2 Å². The van der Waals surface area contributed by atoms with Gasteiger partial charge in [-0.05, 0) is 50.4 Å². The predicted octanol–water partition coefficient (Wildman–Crippen LogP) is 3.70. The second-order valence-electron chi connectivity index (χ2n) is 5.96. The standard InChI is InChI=1S/C14H26O3Si2/c1-7-13(15)9-11-18(3,4)17-19(5,6)12-10-14(16)8-2/h7-8H,1-2,9-12H2,3-6H3. The summed E-state index contributed by atoms with van der Waals surface area (Å²) in [6.07, 6.45) is 3.77. The van der Waals surface area contributed by atoms with E-state index in [1.807, 2.05) is 0 Å². The van der Waals surface area contributed by atoms with Crippen LogP contribution in [0.5, 0.6) is 0 Å². The molecule has 0 bridgehead atoms. The molecule has 0 aliphatic rings. The number of hydrogen-bond donors (Lipinski definition) is 0. The molecule has 0 rings (SSSR count). The highest BCUT2D eigenvalue weighted by Crippen LogP contribution is 2.24. The molecule has 0 N–H and O–H groups in total. The van der Waals surface area contributed by atoms with E-state index in [4.69, 9.17) is 4.12 Å². The molecule has 0 saturated carbocycles. The minimum absolute atomic E-state index is 0.0745. The summed E-state index contributed by atoms with van der Waals surface area (Å²) in [4.78, 5) is 22.6. The third kappa shape index (κ3) is 8.85. The molecule has 0 aromatic heterocycles. The van der Waals surface area contributed by atoms with Crippen LogP contribution in [0.25, 0.3) is 0 Å². The maximum Gasteiger partial charge on any atom is 0.173 e. The number of carbonyl (C=O) groups excluding carboxylic acids is 2. The van der Waals surface area contributed by atoms with Crippen LogP contribution in [0.15, 0.2) is 25.3 Å². The zero-order valence-electron chi connectivity index (χ0n) is 12.6. The maximum atomic E-state index is 11.3. The van der Waals surface area contributed by atoms with Crippen LogP contribution in [-0.2, 0) is 13.7 Å². The number of carbonyl (C=O) groups is 2. The predicted molar refractivity (Wildman–Crippen MR) is 85.3 cm³/mol. The first-order chi connectivity index (χ1) is 8.62. The smallest absolute Gasteiger partial charge is 0.173 e. The summed E-state index contributed by atoms with van der Waals surface area (Å²) in [5.41, 5.74) is 0.